The Morgan fingerprint density at radius 2 is 1.74 bits per heavy atom. The molecule has 1 saturated heterocycles. The Bertz CT molecular complexity index is 850. The van der Waals surface area contributed by atoms with Crippen LogP contribution in [0.5, 0.6) is 0 Å². The van der Waals surface area contributed by atoms with Crippen molar-refractivity contribution in [3.8, 4) is 0 Å². The van der Waals surface area contributed by atoms with Crippen LogP contribution in [0.15, 0.2) is 42.5 Å². The number of carbonyl (C=O) groups is 3. The van der Waals surface area contributed by atoms with Crippen LogP contribution in [0.4, 0.5) is 0 Å². The topological polar surface area (TPSA) is 82.6 Å². The molecule has 1 aromatic carbocycles. The van der Waals surface area contributed by atoms with Crippen LogP contribution in [0.25, 0.3) is 0 Å². The molecule has 3 rings (SSSR count). The number of piperazine rings is 1. The van der Waals surface area contributed by atoms with Crippen LogP contribution in [-0.2, 0) is 11.3 Å². The normalized spacial score (nSPS) is 14.0. The molecule has 0 saturated carbocycles. The number of nitrogens with zero attached hydrogens (tertiary/aromatic N) is 3. The Balaban J connectivity index is 1.64. The number of hydrogen-bond donors (Lipinski definition) is 1. The van der Waals surface area contributed by atoms with Crippen molar-refractivity contribution in [1.82, 2.24) is 20.1 Å². The van der Waals surface area contributed by atoms with Crippen LogP contribution >= 0.6 is 11.6 Å². The number of rotatable bonds is 5. The molecule has 140 valence electrons. The van der Waals surface area contributed by atoms with Crippen molar-refractivity contribution in [2.45, 2.75) is 6.54 Å². The van der Waals surface area contributed by atoms with Crippen molar-refractivity contribution in [2.75, 3.05) is 26.2 Å². The minimum Gasteiger partial charge on any atom is -0.347 e. The lowest BCUT2D eigenvalue weighted by atomic mass is 10.2. The molecule has 0 bridgehead atoms. The zero-order valence-electron chi connectivity index (χ0n) is 14.6. The van der Waals surface area contributed by atoms with Gasteiger partial charge in [0.15, 0.2) is 0 Å². The number of pyridine rings is 1. The van der Waals surface area contributed by atoms with Crippen molar-refractivity contribution < 1.29 is 14.4 Å². The summed E-state index contributed by atoms with van der Waals surface area (Å²) in [5, 5.41) is 3.33. The molecule has 1 aromatic heterocycles. The monoisotopic (exact) mass is 386 g/mol. The van der Waals surface area contributed by atoms with E-state index in [-0.39, 0.29) is 29.7 Å². The summed E-state index contributed by atoms with van der Waals surface area (Å²) in [6.45, 7) is 2.15. The van der Waals surface area contributed by atoms with E-state index in [0.717, 1.165) is 12.0 Å². The first-order valence-electron chi connectivity index (χ1n) is 8.56. The van der Waals surface area contributed by atoms with Crippen LogP contribution in [0, 0.1) is 0 Å². The fraction of sp³-hybridized carbons (Fsp3) is 0.263. The third kappa shape index (κ3) is 4.62. The highest BCUT2D eigenvalue weighted by Crippen LogP contribution is 2.14. The molecule has 1 aliphatic heterocycles. The molecule has 1 fully saturated rings. The molecule has 27 heavy (non-hydrogen) atoms. The maximum Gasteiger partial charge on any atom is 0.272 e. The van der Waals surface area contributed by atoms with Gasteiger partial charge in [0.1, 0.15) is 11.4 Å². The number of hydrogen-bond acceptors (Lipinski definition) is 4. The van der Waals surface area contributed by atoms with Gasteiger partial charge in [-0.2, -0.15) is 0 Å². The lowest BCUT2D eigenvalue weighted by Gasteiger charge is -2.32. The first-order chi connectivity index (χ1) is 13.1. The van der Waals surface area contributed by atoms with Crippen molar-refractivity contribution >= 4 is 29.8 Å². The van der Waals surface area contributed by atoms with E-state index in [4.69, 9.17) is 11.6 Å². The van der Waals surface area contributed by atoms with Gasteiger partial charge in [-0.3, -0.25) is 14.4 Å². The van der Waals surface area contributed by atoms with Crippen molar-refractivity contribution in [1.29, 1.82) is 0 Å². The van der Waals surface area contributed by atoms with Gasteiger partial charge in [-0.15, -0.1) is 0 Å². The molecule has 0 radical (unpaired) electrons. The van der Waals surface area contributed by atoms with Gasteiger partial charge >= 0.3 is 0 Å². The molecule has 0 spiro atoms. The molecular formula is C19H19ClN4O3. The summed E-state index contributed by atoms with van der Waals surface area (Å²) < 4.78 is 0. The summed E-state index contributed by atoms with van der Waals surface area (Å²) in [6, 6.07) is 12.0. The van der Waals surface area contributed by atoms with Crippen LogP contribution in [0.3, 0.4) is 0 Å². The number of carbonyl (C=O) groups excluding carboxylic acids is 3. The van der Waals surface area contributed by atoms with Gasteiger partial charge in [-0.1, -0.05) is 35.9 Å². The predicted octanol–water partition coefficient (Wildman–Crippen LogP) is 1.58. The summed E-state index contributed by atoms with van der Waals surface area (Å²) in [6.07, 6.45) is 0.782. The van der Waals surface area contributed by atoms with Gasteiger partial charge < -0.3 is 15.1 Å². The SMILES string of the molecule is O=CN1CCN(C(=O)c2cccc(C(=O)NCc3ccccc3Cl)n2)CC1. The summed E-state index contributed by atoms with van der Waals surface area (Å²) in [5.74, 6) is -0.628. The second kappa shape index (κ2) is 8.64. The van der Waals surface area contributed by atoms with Crippen LogP contribution in [0.1, 0.15) is 26.5 Å². The minimum atomic E-state index is -0.379. The molecule has 2 heterocycles. The van der Waals surface area contributed by atoms with E-state index < -0.39 is 0 Å². The Morgan fingerprint density at radius 3 is 2.44 bits per heavy atom. The van der Waals surface area contributed by atoms with Crippen molar-refractivity contribution in [2.24, 2.45) is 0 Å². The maximum absolute atomic E-state index is 12.6. The van der Waals surface area contributed by atoms with Crippen LogP contribution in [0.2, 0.25) is 5.02 Å². The van der Waals surface area contributed by atoms with Gasteiger partial charge in [-0.05, 0) is 23.8 Å². The van der Waals surface area contributed by atoms with E-state index in [0.29, 0.717) is 31.2 Å². The Hall–Kier alpha value is -2.93. The highest BCUT2D eigenvalue weighted by molar-refractivity contribution is 6.31. The number of benzene rings is 1. The van der Waals surface area contributed by atoms with E-state index in [1.165, 1.54) is 0 Å². The molecule has 0 unspecified atom stereocenters. The number of amides is 3. The second-order valence-corrected chi connectivity index (χ2v) is 6.52. The standard InChI is InChI=1S/C19H19ClN4O3/c20-15-5-2-1-4-14(15)12-21-18(26)16-6-3-7-17(22-16)19(27)24-10-8-23(13-25)9-11-24/h1-7,13H,8-12H2,(H,21,26). The molecule has 1 aliphatic rings. The smallest absolute Gasteiger partial charge is 0.272 e. The van der Waals surface area contributed by atoms with E-state index >= 15 is 0 Å². The van der Waals surface area contributed by atoms with E-state index in [2.05, 4.69) is 10.3 Å². The summed E-state index contributed by atoms with van der Waals surface area (Å²) >= 11 is 6.08. The fourth-order valence-corrected chi connectivity index (χ4v) is 2.98. The zero-order valence-corrected chi connectivity index (χ0v) is 15.4. The fourth-order valence-electron chi connectivity index (χ4n) is 2.78. The molecular weight excluding hydrogens is 368 g/mol. The average Bonchev–Trinajstić information content (AvgIpc) is 2.72. The summed E-state index contributed by atoms with van der Waals surface area (Å²) in [5.41, 5.74) is 1.17. The summed E-state index contributed by atoms with van der Waals surface area (Å²) in [7, 11) is 0. The molecule has 3 amide bonds. The Kier molecular flexibility index (Phi) is 6.03. The Labute approximate surface area is 161 Å². The first-order valence-corrected chi connectivity index (χ1v) is 8.93. The molecule has 8 heteroatoms. The third-order valence-corrected chi connectivity index (χ3v) is 4.72. The number of nitrogens with one attached hydrogen (secondary N) is 1. The molecule has 0 aliphatic carbocycles. The first kappa shape index (κ1) is 18.8. The summed E-state index contributed by atoms with van der Waals surface area (Å²) in [4.78, 5) is 43.2. The molecule has 1 N–H and O–H groups in total. The lowest BCUT2D eigenvalue weighted by molar-refractivity contribution is -0.119. The number of halogens is 1. The molecule has 7 nitrogen and oxygen atoms in total. The van der Waals surface area contributed by atoms with Crippen molar-refractivity contribution in [3.63, 3.8) is 0 Å². The molecule has 0 atom stereocenters. The van der Waals surface area contributed by atoms with E-state index in [9.17, 15) is 14.4 Å². The largest absolute Gasteiger partial charge is 0.347 e. The van der Waals surface area contributed by atoms with Gasteiger partial charge in [-0.25, -0.2) is 4.98 Å². The van der Waals surface area contributed by atoms with Gasteiger partial charge in [0.2, 0.25) is 6.41 Å². The Morgan fingerprint density at radius 1 is 1.04 bits per heavy atom. The van der Waals surface area contributed by atoms with Gasteiger partial charge in [0, 0.05) is 37.7 Å². The van der Waals surface area contributed by atoms with Crippen molar-refractivity contribution in [3.05, 3.63) is 64.4 Å². The second-order valence-electron chi connectivity index (χ2n) is 6.12. The van der Waals surface area contributed by atoms with Crippen LogP contribution < -0.4 is 5.32 Å². The third-order valence-electron chi connectivity index (χ3n) is 4.35. The van der Waals surface area contributed by atoms with Gasteiger partial charge in [0.25, 0.3) is 11.8 Å². The van der Waals surface area contributed by atoms with Gasteiger partial charge in [0.05, 0.1) is 0 Å². The average molecular weight is 387 g/mol. The van der Waals surface area contributed by atoms with E-state index in [1.54, 1.807) is 34.1 Å². The highest BCUT2D eigenvalue weighted by Gasteiger charge is 2.23. The highest BCUT2D eigenvalue weighted by atomic mass is 35.5. The quantitative estimate of drug-likeness (QED) is 0.791. The maximum atomic E-state index is 12.6. The lowest BCUT2D eigenvalue weighted by Crippen LogP contribution is -2.48. The van der Waals surface area contributed by atoms with Crippen LogP contribution in [-0.4, -0.2) is 59.2 Å². The predicted molar refractivity (Wildman–Crippen MR) is 100 cm³/mol. The van der Waals surface area contributed by atoms with E-state index in [1.807, 2.05) is 18.2 Å². The zero-order chi connectivity index (χ0) is 19.2. The number of aromatic nitrogens is 1. The minimum absolute atomic E-state index is 0.166. The molecule has 2 aromatic rings.